The van der Waals surface area contributed by atoms with Crippen molar-refractivity contribution >= 4 is 0 Å². The number of aliphatic hydroxyl groups excluding tert-OH is 1. The number of nitrogens with two attached hydrogens (primary N) is 1. The fraction of sp³-hybridized carbons (Fsp3) is 1.00. The fourth-order valence-electron chi connectivity index (χ4n) is 0.438. The summed E-state index contributed by atoms with van der Waals surface area (Å²) in [6.45, 7) is -0.283. The molecule has 1 atom stereocenters. The Hall–Kier alpha value is -0.160. The van der Waals surface area contributed by atoms with Gasteiger partial charge in [-0.25, -0.2) is 0 Å². The zero-order chi connectivity index (χ0) is 7.33. The lowest BCUT2D eigenvalue weighted by atomic mass is 10.1. The zero-order valence-corrected chi connectivity index (χ0v) is 5.50. The molecular weight excluding hydrogens is 122 g/mol. The maximum atomic E-state index is 9.13. The molecule has 0 saturated carbocycles. The average molecular weight is 135 g/mol. The number of ether oxygens (including phenoxy) is 1. The van der Waals surface area contributed by atoms with Crippen molar-refractivity contribution < 1.29 is 14.9 Å². The smallest absolute Gasteiger partial charge is 0.123 e. The SMILES string of the molecule is COC[C@@](O)(CN)CO. The van der Waals surface area contributed by atoms with Crippen molar-refractivity contribution in [1.29, 1.82) is 0 Å². The van der Waals surface area contributed by atoms with E-state index in [1.165, 1.54) is 7.11 Å². The van der Waals surface area contributed by atoms with E-state index in [2.05, 4.69) is 4.74 Å². The summed E-state index contributed by atoms with van der Waals surface area (Å²) in [4.78, 5) is 0. The summed E-state index contributed by atoms with van der Waals surface area (Å²) in [7, 11) is 1.44. The Morgan fingerprint density at radius 3 is 2.33 bits per heavy atom. The van der Waals surface area contributed by atoms with Crippen LogP contribution in [0, 0.1) is 0 Å². The molecule has 9 heavy (non-hydrogen) atoms. The predicted molar refractivity (Wildman–Crippen MR) is 33.0 cm³/mol. The van der Waals surface area contributed by atoms with Crippen LogP contribution in [0.4, 0.5) is 0 Å². The van der Waals surface area contributed by atoms with Gasteiger partial charge in [0.2, 0.25) is 0 Å². The van der Waals surface area contributed by atoms with E-state index >= 15 is 0 Å². The van der Waals surface area contributed by atoms with Crippen LogP contribution < -0.4 is 5.73 Å². The van der Waals surface area contributed by atoms with Crippen LogP contribution >= 0.6 is 0 Å². The molecule has 0 amide bonds. The average Bonchev–Trinajstić information content (AvgIpc) is 1.89. The number of hydrogen-bond acceptors (Lipinski definition) is 4. The molecule has 0 fully saturated rings. The first-order valence-corrected chi connectivity index (χ1v) is 2.71. The first-order chi connectivity index (χ1) is 4.18. The zero-order valence-electron chi connectivity index (χ0n) is 5.50. The van der Waals surface area contributed by atoms with E-state index in [1.54, 1.807) is 0 Å². The molecule has 0 heterocycles. The third-order valence-corrected chi connectivity index (χ3v) is 1.09. The molecule has 0 aromatic carbocycles. The van der Waals surface area contributed by atoms with Crippen molar-refractivity contribution in [2.45, 2.75) is 5.60 Å². The lowest BCUT2D eigenvalue weighted by Gasteiger charge is -2.21. The van der Waals surface area contributed by atoms with E-state index in [-0.39, 0.29) is 19.8 Å². The highest BCUT2D eigenvalue weighted by Crippen LogP contribution is 1.99. The summed E-state index contributed by atoms with van der Waals surface area (Å²) >= 11 is 0. The molecule has 0 unspecified atom stereocenters. The Labute approximate surface area is 54.2 Å². The number of hydrogen-bond donors (Lipinski definition) is 3. The minimum absolute atomic E-state index is 0.0112. The van der Waals surface area contributed by atoms with Gasteiger partial charge in [0.25, 0.3) is 0 Å². The molecular formula is C5H13NO3. The highest BCUT2D eigenvalue weighted by atomic mass is 16.5. The van der Waals surface area contributed by atoms with Crippen molar-refractivity contribution in [3.8, 4) is 0 Å². The topological polar surface area (TPSA) is 75.7 Å². The van der Waals surface area contributed by atoms with Gasteiger partial charge in [0.1, 0.15) is 5.60 Å². The summed E-state index contributed by atoms with van der Waals surface area (Å²) in [6.07, 6.45) is 0. The van der Waals surface area contributed by atoms with Crippen molar-refractivity contribution in [2.24, 2.45) is 5.73 Å². The van der Waals surface area contributed by atoms with Crippen LogP contribution in [-0.4, -0.2) is 42.7 Å². The molecule has 4 N–H and O–H groups in total. The van der Waals surface area contributed by atoms with Crippen molar-refractivity contribution in [3.63, 3.8) is 0 Å². The molecule has 0 aromatic rings. The fourth-order valence-corrected chi connectivity index (χ4v) is 0.438. The second kappa shape index (κ2) is 3.79. The van der Waals surface area contributed by atoms with E-state index in [0.717, 1.165) is 0 Å². The third kappa shape index (κ3) is 2.76. The first kappa shape index (κ1) is 8.84. The lowest BCUT2D eigenvalue weighted by Crippen LogP contribution is -2.45. The Balaban J connectivity index is 3.62. The standard InChI is InChI=1S/C5H13NO3/c1-9-4-5(8,2-6)3-7/h7-8H,2-4,6H2,1H3/t5-/m1/s1. The molecule has 4 heteroatoms. The number of methoxy groups -OCH3 is 1. The largest absolute Gasteiger partial charge is 0.393 e. The molecule has 0 aromatic heterocycles. The van der Waals surface area contributed by atoms with Gasteiger partial charge in [-0.3, -0.25) is 0 Å². The summed E-state index contributed by atoms with van der Waals surface area (Å²) in [5, 5.41) is 17.6. The predicted octanol–water partition coefficient (Wildman–Crippen LogP) is -1.69. The van der Waals surface area contributed by atoms with E-state index in [1.807, 2.05) is 0 Å². The van der Waals surface area contributed by atoms with Gasteiger partial charge in [-0.2, -0.15) is 0 Å². The summed E-state index contributed by atoms with van der Waals surface area (Å²) in [6, 6.07) is 0. The second-order valence-corrected chi connectivity index (χ2v) is 2.02. The van der Waals surface area contributed by atoms with Crippen molar-refractivity contribution in [2.75, 3.05) is 26.9 Å². The molecule has 0 rings (SSSR count). The first-order valence-electron chi connectivity index (χ1n) is 2.71. The highest BCUT2D eigenvalue weighted by molar-refractivity contribution is 4.77. The number of rotatable bonds is 4. The minimum atomic E-state index is -1.26. The van der Waals surface area contributed by atoms with Crippen LogP contribution in [0.25, 0.3) is 0 Å². The Bertz CT molecular complexity index is 72.6. The third-order valence-electron chi connectivity index (χ3n) is 1.09. The van der Waals surface area contributed by atoms with Crippen LogP contribution in [0.15, 0.2) is 0 Å². The van der Waals surface area contributed by atoms with Gasteiger partial charge < -0.3 is 20.7 Å². The molecule has 0 aliphatic heterocycles. The van der Waals surface area contributed by atoms with Crippen LogP contribution in [0.1, 0.15) is 0 Å². The van der Waals surface area contributed by atoms with E-state index < -0.39 is 5.60 Å². The van der Waals surface area contributed by atoms with Crippen LogP contribution in [0.3, 0.4) is 0 Å². The molecule has 0 radical (unpaired) electrons. The highest BCUT2D eigenvalue weighted by Gasteiger charge is 2.23. The van der Waals surface area contributed by atoms with Gasteiger partial charge in [-0.15, -0.1) is 0 Å². The van der Waals surface area contributed by atoms with Crippen LogP contribution in [-0.2, 0) is 4.74 Å². The normalized spacial score (nSPS) is 17.3. The second-order valence-electron chi connectivity index (χ2n) is 2.02. The quantitative estimate of drug-likeness (QED) is 0.430. The lowest BCUT2D eigenvalue weighted by molar-refractivity contribution is -0.0595. The maximum Gasteiger partial charge on any atom is 0.123 e. The van der Waals surface area contributed by atoms with E-state index in [0.29, 0.717) is 0 Å². The van der Waals surface area contributed by atoms with Gasteiger partial charge in [0, 0.05) is 13.7 Å². The summed E-state index contributed by atoms with van der Waals surface area (Å²) < 4.78 is 4.60. The van der Waals surface area contributed by atoms with Gasteiger partial charge in [-0.1, -0.05) is 0 Å². The molecule has 0 aliphatic rings. The summed E-state index contributed by atoms with van der Waals surface area (Å²) in [5.74, 6) is 0. The molecule has 0 spiro atoms. The van der Waals surface area contributed by atoms with Gasteiger partial charge in [0.15, 0.2) is 0 Å². The minimum Gasteiger partial charge on any atom is -0.393 e. The molecule has 0 aliphatic carbocycles. The van der Waals surface area contributed by atoms with Crippen LogP contribution in [0.5, 0.6) is 0 Å². The Morgan fingerprint density at radius 1 is 1.67 bits per heavy atom. The van der Waals surface area contributed by atoms with Crippen LogP contribution in [0.2, 0.25) is 0 Å². The monoisotopic (exact) mass is 135 g/mol. The molecule has 4 nitrogen and oxygen atoms in total. The van der Waals surface area contributed by atoms with E-state index in [9.17, 15) is 0 Å². The van der Waals surface area contributed by atoms with Gasteiger partial charge >= 0.3 is 0 Å². The molecule has 0 saturated heterocycles. The molecule has 0 bridgehead atoms. The summed E-state index contributed by atoms with van der Waals surface area (Å²) in [5.41, 5.74) is 3.86. The van der Waals surface area contributed by atoms with Gasteiger partial charge in [-0.05, 0) is 0 Å². The maximum absolute atomic E-state index is 9.13. The Kier molecular flexibility index (Phi) is 3.72. The van der Waals surface area contributed by atoms with Crippen molar-refractivity contribution in [3.05, 3.63) is 0 Å². The van der Waals surface area contributed by atoms with Gasteiger partial charge in [0.05, 0.1) is 13.2 Å². The number of aliphatic hydroxyl groups is 2. The Morgan fingerprint density at radius 2 is 2.22 bits per heavy atom. The van der Waals surface area contributed by atoms with Crippen molar-refractivity contribution in [1.82, 2.24) is 0 Å². The van der Waals surface area contributed by atoms with E-state index in [4.69, 9.17) is 15.9 Å². The molecule has 56 valence electrons.